The van der Waals surface area contributed by atoms with Gasteiger partial charge in [-0.15, -0.1) is 5.10 Å². The summed E-state index contributed by atoms with van der Waals surface area (Å²) in [7, 11) is 0. The number of aromatic nitrogens is 3. The summed E-state index contributed by atoms with van der Waals surface area (Å²) in [5.41, 5.74) is -1.32. The molecule has 2 fully saturated rings. The average molecular weight is 294 g/mol. The van der Waals surface area contributed by atoms with Gasteiger partial charge < -0.3 is 10.0 Å². The Morgan fingerprint density at radius 2 is 1.95 bits per heavy atom. The van der Waals surface area contributed by atoms with E-state index in [1.165, 1.54) is 0 Å². The minimum atomic E-state index is -0.952. The van der Waals surface area contributed by atoms with Gasteiger partial charge in [-0.2, -0.15) is 0 Å². The Morgan fingerprint density at radius 3 is 2.67 bits per heavy atom. The number of aliphatic carboxylic acids is 1. The fourth-order valence-corrected chi connectivity index (χ4v) is 3.70. The summed E-state index contributed by atoms with van der Waals surface area (Å²) < 4.78 is 0. The molecule has 114 valence electrons. The molecule has 2 heterocycles. The molecule has 0 aromatic carbocycles. The summed E-state index contributed by atoms with van der Waals surface area (Å²) in [6, 6.07) is -0.753. The number of H-pyrrole nitrogens is 2. The first-order chi connectivity index (χ1) is 10.1. The van der Waals surface area contributed by atoms with E-state index in [-0.39, 0.29) is 11.9 Å². The Morgan fingerprint density at radius 1 is 1.19 bits per heavy atom. The van der Waals surface area contributed by atoms with Crippen LogP contribution in [0.2, 0.25) is 0 Å². The van der Waals surface area contributed by atoms with Gasteiger partial charge in [0, 0.05) is 6.04 Å². The van der Waals surface area contributed by atoms with Crippen LogP contribution in [0.15, 0.2) is 9.59 Å². The molecule has 3 N–H and O–H groups in total. The summed E-state index contributed by atoms with van der Waals surface area (Å²) in [6.07, 6.45) is 5.42. The molecule has 3 unspecified atom stereocenters. The summed E-state index contributed by atoms with van der Waals surface area (Å²) in [6.45, 7) is 0. The van der Waals surface area contributed by atoms with Crippen molar-refractivity contribution in [3.05, 3.63) is 20.8 Å². The maximum atomic E-state index is 12.0. The monoisotopic (exact) mass is 294 g/mol. The van der Waals surface area contributed by atoms with Gasteiger partial charge in [-0.3, -0.25) is 9.78 Å². The van der Waals surface area contributed by atoms with Gasteiger partial charge in [0.25, 0.3) is 5.56 Å². The molecule has 2 aliphatic rings. The van der Waals surface area contributed by atoms with E-state index < -0.39 is 23.3 Å². The molecule has 1 aromatic rings. The van der Waals surface area contributed by atoms with Crippen LogP contribution >= 0.6 is 0 Å². The molecule has 8 heteroatoms. The quantitative estimate of drug-likeness (QED) is 0.710. The maximum absolute atomic E-state index is 12.0. The number of hydrogen-bond acceptors (Lipinski definition) is 5. The lowest BCUT2D eigenvalue weighted by Gasteiger charge is -2.47. The molecule has 1 aliphatic heterocycles. The second kappa shape index (κ2) is 5.34. The number of carboxylic acid groups (broad SMARTS) is 1. The van der Waals surface area contributed by atoms with Gasteiger partial charge in [0.2, 0.25) is 5.82 Å². The van der Waals surface area contributed by atoms with E-state index in [0.717, 1.165) is 32.1 Å². The van der Waals surface area contributed by atoms with E-state index >= 15 is 0 Å². The molecule has 1 aliphatic carbocycles. The molecule has 1 saturated heterocycles. The van der Waals surface area contributed by atoms with Crippen molar-refractivity contribution in [2.45, 2.75) is 50.6 Å². The van der Waals surface area contributed by atoms with Crippen molar-refractivity contribution in [3.8, 4) is 0 Å². The van der Waals surface area contributed by atoms with Gasteiger partial charge in [0.05, 0.1) is 0 Å². The first-order valence-corrected chi connectivity index (χ1v) is 7.28. The smallest absolute Gasteiger partial charge is 0.342 e. The number of nitrogens with one attached hydrogen (secondary N) is 2. The summed E-state index contributed by atoms with van der Waals surface area (Å²) in [4.78, 5) is 38.4. The van der Waals surface area contributed by atoms with Gasteiger partial charge in [-0.25, -0.2) is 14.7 Å². The average Bonchev–Trinajstić information content (AvgIpc) is 2.46. The number of carboxylic acids is 1. The van der Waals surface area contributed by atoms with Gasteiger partial charge in [-0.1, -0.05) is 12.8 Å². The number of nitrogens with zero attached hydrogens (tertiary/aromatic N) is 2. The fraction of sp³-hybridized carbons (Fsp3) is 0.692. The Balaban J connectivity index is 2.05. The second-order valence-electron chi connectivity index (χ2n) is 5.78. The van der Waals surface area contributed by atoms with Gasteiger partial charge in [0.15, 0.2) is 0 Å². The van der Waals surface area contributed by atoms with Crippen LogP contribution in [0.3, 0.4) is 0 Å². The zero-order valence-electron chi connectivity index (χ0n) is 11.5. The van der Waals surface area contributed by atoms with Gasteiger partial charge in [-0.05, 0) is 31.6 Å². The normalized spacial score (nSPS) is 29.0. The lowest BCUT2D eigenvalue weighted by molar-refractivity contribution is -0.139. The van der Waals surface area contributed by atoms with E-state index in [9.17, 15) is 19.5 Å². The Hall–Kier alpha value is -2.12. The van der Waals surface area contributed by atoms with Crippen molar-refractivity contribution >= 4 is 11.8 Å². The van der Waals surface area contributed by atoms with E-state index in [1.807, 2.05) is 0 Å². The second-order valence-corrected chi connectivity index (χ2v) is 5.78. The van der Waals surface area contributed by atoms with E-state index in [2.05, 4.69) is 15.2 Å². The van der Waals surface area contributed by atoms with Crippen molar-refractivity contribution in [2.24, 2.45) is 5.92 Å². The molecule has 3 rings (SSSR count). The van der Waals surface area contributed by atoms with Crippen LogP contribution in [0.1, 0.15) is 38.5 Å². The summed E-state index contributed by atoms with van der Waals surface area (Å²) in [5.74, 6) is -0.549. The number of hydrogen-bond donors (Lipinski definition) is 3. The number of carbonyl (C=O) groups is 1. The molecular formula is C13H18N4O4. The molecule has 3 atom stereocenters. The topological polar surface area (TPSA) is 119 Å². The van der Waals surface area contributed by atoms with Crippen LogP contribution < -0.4 is 16.1 Å². The van der Waals surface area contributed by atoms with Crippen molar-refractivity contribution in [1.29, 1.82) is 0 Å². The van der Waals surface area contributed by atoms with Crippen LogP contribution in [0.25, 0.3) is 0 Å². The van der Waals surface area contributed by atoms with Gasteiger partial charge >= 0.3 is 11.7 Å². The molecular weight excluding hydrogens is 276 g/mol. The van der Waals surface area contributed by atoms with Gasteiger partial charge in [0.1, 0.15) is 6.04 Å². The first kappa shape index (κ1) is 13.8. The minimum absolute atomic E-state index is 0.00750. The first-order valence-electron chi connectivity index (χ1n) is 7.28. The van der Waals surface area contributed by atoms with Crippen LogP contribution in [0.5, 0.6) is 0 Å². The predicted molar refractivity (Wildman–Crippen MR) is 74.4 cm³/mol. The standard InChI is InChI=1S/C13H18N4O4/c18-11-10(15-16-13(21)14-11)17-8-4-2-1-3-7(8)5-6-9(17)12(19)20/h7-9H,1-6H2,(H,19,20)(H2,14,16,18,21). The Labute approximate surface area is 120 Å². The highest BCUT2D eigenvalue weighted by Gasteiger charge is 2.43. The number of anilines is 1. The van der Waals surface area contributed by atoms with Crippen LogP contribution in [0, 0.1) is 5.92 Å². The Kier molecular flexibility index (Phi) is 3.52. The molecule has 0 amide bonds. The number of aromatic amines is 2. The van der Waals surface area contributed by atoms with Crippen LogP contribution in [0.4, 0.5) is 5.82 Å². The summed E-state index contributed by atoms with van der Waals surface area (Å²) >= 11 is 0. The molecule has 21 heavy (non-hydrogen) atoms. The number of rotatable bonds is 2. The lowest BCUT2D eigenvalue weighted by atomic mass is 9.76. The third kappa shape index (κ3) is 2.45. The SMILES string of the molecule is O=C(O)C1CCC2CCCCC2N1c1n[nH]c(=O)[nH]c1=O. The van der Waals surface area contributed by atoms with E-state index in [0.29, 0.717) is 12.3 Å². The van der Waals surface area contributed by atoms with Crippen LogP contribution in [-0.2, 0) is 4.79 Å². The molecule has 0 radical (unpaired) electrons. The van der Waals surface area contributed by atoms with Crippen molar-refractivity contribution in [1.82, 2.24) is 15.2 Å². The van der Waals surface area contributed by atoms with Crippen LogP contribution in [-0.4, -0.2) is 38.3 Å². The minimum Gasteiger partial charge on any atom is -0.480 e. The van der Waals surface area contributed by atoms with E-state index in [4.69, 9.17) is 0 Å². The largest absolute Gasteiger partial charge is 0.480 e. The molecule has 1 aromatic heterocycles. The zero-order valence-corrected chi connectivity index (χ0v) is 11.5. The number of piperidine rings is 1. The summed E-state index contributed by atoms with van der Waals surface area (Å²) in [5, 5.41) is 15.5. The highest BCUT2D eigenvalue weighted by molar-refractivity contribution is 5.78. The predicted octanol–water partition coefficient (Wildman–Crippen LogP) is 0.0704. The maximum Gasteiger partial charge on any atom is 0.342 e. The zero-order chi connectivity index (χ0) is 15.0. The highest BCUT2D eigenvalue weighted by Crippen LogP contribution is 2.38. The third-order valence-electron chi connectivity index (χ3n) is 4.60. The van der Waals surface area contributed by atoms with Crippen molar-refractivity contribution < 1.29 is 9.90 Å². The fourth-order valence-electron chi connectivity index (χ4n) is 3.70. The highest BCUT2D eigenvalue weighted by atomic mass is 16.4. The molecule has 1 saturated carbocycles. The van der Waals surface area contributed by atoms with Crippen molar-refractivity contribution in [2.75, 3.05) is 4.90 Å². The molecule has 0 spiro atoms. The number of fused-ring (bicyclic) bond motifs is 1. The van der Waals surface area contributed by atoms with E-state index in [1.54, 1.807) is 4.90 Å². The van der Waals surface area contributed by atoms with Crippen molar-refractivity contribution in [3.63, 3.8) is 0 Å². The molecule has 0 bridgehead atoms. The molecule has 8 nitrogen and oxygen atoms in total. The third-order valence-corrected chi connectivity index (χ3v) is 4.60. The lowest BCUT2D eigenvalue weighted by Crippen LogP contribution is -2.57. The Bertz CT molecular complexity index is 652.